The van der Waals surface area contributed by atoms with Gasteiger partial charge >= 0.3 is 0 Å². The van der Waals surface area contributed by atoms with Crippen LogP contribution in [0.1, 0.15) is 5.01 Å². The molecule has 0 radical (unpaired) electrons. The molecule has 0 aliphatic rings. The molecule has 0 aliphatic carbocycles. The summed E-state index contributed by atoms with van der Waals surface area (Å²) in [7, 11) is 0. The second kappa shape index (κ2) is 4.96. The van der Waals surface area contributed by atoms with Crippen molar-refractivity contribution in [3.63, 3.8) is 0 Å². The molecule has 78 valence electrons. The first-order valence-corrected chi connectivity index (χ1v) is 6.38. The number of benzene rings is 1. The van der Waals surface area contributed by atoms with Crippen LogP contribution in [-0.2, 0) is 6.54 Å². The summed E-state index contributed by atoms with van der Waals surface area (Å²) in [4.78, 5) is 4.18. The monoisotopic (exact) mass is 302 g/mol. The highest BCUT2D eigenvalue weighted by Gasteiger charge is 2.01. The molecule has 0 amide bonds. The van der Waals surface area contributed by atoms with Gasteiger partial charge in [0.1, 0.15) is 5.01 Å². The van der Waals surface area contributed by atoms with E-state index in [1.54, 1.807) is 17.5 Å². The van der Waals surface area contributed by atoms with Crippen molar-refractivity contribution in [1.82, 2.24) is 4.98 Å². The minimum atomic E-state index is 0.702. The Morgan fingerprint density at radius 3 is 3.07 bits per heavy atom. The SMILES string of the molecule is Clc1ccc(Br)cc1NCc1nccs1. The normalized spacial score (nSPS) is 10.3. The molecule has 0 fully saturated rings. The molecule has 1 aromatic carbocycles. The van der Waals surface area contributed by atoms with Crippen LogP contribution >= 0.6 is 38.9 Å². The van der Waals surface area contributed by atoms with Crippen LogP contribution in [-0.4, -0.2) is 4.98 Å². The van der Waals surface area contributed by atoms with Gasteiger partial charge in [0.2, 0.25) is 0 Å². The summed E-state index contributed by atoms with van der Waals surface area (Å²) in [6.07, 6.45) is 1.80. The van der Waals surface area contributed by atoms with Gasteiger partial charge in [0, 0.05) is 16.0 Å². The van der Waals surface area contributed by atoms with E-state index in [1.807, 2.05) is 23.6 Å². The number of anilines is 1. The predicted molar refractivity (Wildman–Crippen MR) is 68.6 cm³/mol. The van der Waals surface area contributed by atoms with Crippen LogP contribution < -0.4 is 5.32 Å². The van der Waals surface area contributed by atoms with E-state index in [1.165, 1.54) is 0 Å². The van der Waals surface area contributed by atoms with Gasteiger partial charge in [0.15, 0.2) is 0 Å². The first-order valence-electron chi connectivity index (χ1n) is 4.33. The third-order valence-corrected chi connectivity index (χ3v) is 3.44. The Hall–Kier alpha value is -0.580. The Labute approximate surface area is 105 Å². The minimum Gasteiger partial charge on any atom is -0.377 e. The second-order valence-corrected chi connectivity index (χ2v) is 5.21. The van der Waals surface area contributed by atoms with Gasteiger partial charge in [0.25, 0.3) is 0 Å². The molecule has 0 saturated carbocycles. The third kappa shape index (κ3) is 2.93. The van der Waals surface area contributed by atoms with Gasteiger partial charge < -0.3 is 5.32 Å². The lowest BCUT2D eigenvalue weighted by Gasteiger charge is -2.06. The first kappa shape index (κ1) is 10.9. The van der Waals surface area contributed by atoms with E-state index in [9.17, 15) is 0 Å². The number of hydrogen-bond donors (Lipinski definition) is 1. The molecule has 5 heteroatoms. The third-order valence-electron chi connectivity index (χ3n) is 1.84. The Morgan fingerprint density at radius 1 is 1.47 bits per heavy atom. The molecule has 2 aromatic rings. The maximum atomic E-state index is 6.04. The molecular weight excluding hydrogens is 296 g/mol. The summed E-state index contributed by atoms with van der Waals surface area (Å²) in [5.74, 6) is 0. The van der Waals surface area contributed by atoms with Crippen LogP contribution in [0.3, 0.4) is 0 Å². The van der Waals surface area contributed by atoms with E-state index in [4.69, 9.17) is 11.6 Å². The molecule has 1 N–H and O–H groups in total. The van der Waals surface area contributed by atoms with Crippen molar-refractivity contribution in [3.8, 4) is 0 Å². The van der Waals surface area contributed by atoms with Crippen LogP contribution in [0.25, 0.3) is 0 Å². The number of rotatable bonds is 3. The quantitative estimate of drug-likeness (QED) is 0.920. The van der Waals surface area contributed by atoms with Gasteiger partial charge in [-0.2, -0.15) is 0 Å². The van der Waals surface area contributed by atoms with E-state index in [0.29, 0.717) is 6.54 Å². The maximum Gasteiger partial charge on any atom is 0.112 e. The summed E-state index contributed by atoms with van der Waals surface area (Å²) >= 11 is 11.1. The van der Waals surface area contributed by atoms with Crippen molar-refractivity contribution in [2.75, 3.05) is 5.32 Å². The number of aromatic nitrogens is 1. The molecule has 15 heavy (non-hydrogen) atoms. The number of thiazole rings is 1. The van der Waals surface area contributed by atoms with Gasteiger partial charge in [-0.25, -0.2) is 4.98 Å². The fourth-order valence-electron chi connectivity index (χ4n) is 1.14. The summed E-state index contributed by atoms with van der Waals surface area (Å²) in [6, 6.07) is 5.72. The molecule has 1 aromatic heterocycles. The van der Waals surface area contributed by atoms with Crippen molar-refractivity contribution in [2.24, 2.45) is 0 Å². The lowest BCUT2D eigenvalue weighted by Crippen LogP contribution is -1.99. The van der Waals surface area contributed by atoms with Crippen LogP contribution in [0.5, 0.6) is 0 Å². The van der Waals surface area contributed by atoms with Gasteiger partial charge in [-0.05, 0) is 18.2 Å². The fourth-order valence-corrected chi connectivity index (χ4v) is 2.25. The molecule has 0 unspecified atom stereocenters. The lowest BCUT2D eigenvalue weighted by molar-refractivity contribution is 1.10. The topological polar surface area (TPSA) is 24.9 Å². The molecule has 1 heterocycles. The Morgan fingerprint density at radius 2 is 2.33 bits per heavy atom. The smallest absolute Gasteiger partial charge is 0.112 e. The summed E-state index contributed by atoms with van der Waals surface area (Å²) < 4.78 is 1.01. The van der Waals surface area contributed by atoms with Crippen molar-refractivity contribution in [1.29, 1.82) is 0 Å². The largest absolute Gasteiger partial charge is 0.377 e. The molecule has 2 nitrogen and oxygen atoms in total. The van der Waals surface area contributed by atoms with Crippen LogP contribution in [0.2, 0.25) is 5.02 Å². The minimum absolute atomic E-state index is 0.702. The molecular formula is C10H8BrClN2S. The second-order valence-electron chi connectivity index (χ2n) is 2.90. The average Bonchev–Trinajstić information content (AvgIpc) is 2.72. The molecule has 0 spiro atoms. The predicted octanol–water partition coefficient (Wildman–Crippen LogP) is 4.17. The lowest BCUT2D eigenvalue weighted by atomic mass is 10.3. The van der Waals surface area contributed by atoms with E-state index >= 15 is 0 Å². The molecule has 0 saturated heterocycles. The van der Waals surface area contributed by atoms with E-state index in [2.05, 4.69) is 26.2 Å². The molecule has 0 aliphatic heterocycles. The maximum absolute atomic E-state index is 6.04. The average molecular weight is 304 g/mol. The highest BCUT2D eigenvalue weighted by molar-refractivity contribution is 9.10. The van der Waals surface area contributed by atoms with Gasteiger partial charge in [0.05, 0.1) is 17.3 Å². The van der Waals surface area contributed by atoms with Gasteiger partial charge in [-0.3, -0.25) is 0 Å². The number of nitrogens with zero attached hydrogens (tertiary/aromatic N) is 1. The van der Waals surface area contributed by atoms with Crippen molar-refractivity contribution in [2.45, 2.75) is 6.54 Å². The zero-order chi connectivity index (χ0) is 10.7. The van der Waals surface area contributed by atoms with E-state index in [-0.39, 0.29) is 0 Å². The van der Waals surface area contributed by atoms with Crippen LogP contribution in [0.4, 0.5) is 5.69 Å². The molecule has 2 rings (SSSR count). The summed E-state index contributed by atoms with van der Waals surface area (Å²) in [5, 5.41) is 6.96. The highest BCUT2D eigenvalue weighted by Crippen LogP contribution is 2.26. The van der Waals surface area contributed by atoms with Gasteiger partial charge in [-0.1, -0.05) is 27.5 Å². The molecule has 0 atom stereocenters. The Kier molecular flexibility index (Phi) is 3.61. The van der Waals surface area contributed by atoms with E-state index in [0.717, 1.165) is 20.2 Å². The highest BCUT2D eigenvalue weighted by atomic mass is 79.9. The summed E-state index contributed by atoms with van der Waals surface area (Å²) in [6.45, 7) is 0.702. The van der Waals surface area contributed by atoms with E-state index < -0.39 is 0 Å². The van der Waals surface area contributed by atoms with Crippen molar-refractivity contribution >= 4 is 44.6 Å². The standard InChI is InChI=1S/C10H8BrClN2S/c11-7-1-2-8(12)9(5-7)14-6-10-13-3-4-15-10/h1-5,14H,6H2. The number of halogens is 2. The zero-order valence-electron chi connectivity index (χ0n) is 7.71. The number of nitrogens with one attached hydrogen (secondary N) is 1. The molecule has 0 bridgehead atoms. The van der Waals surface area contributed by atoms with Crippen molar-refractivity contribution < 1.29 is 0 Å². The van der Waals surface area contributed by atoms with Gasteiger partial charge in [-0.15, -0.1) is 11.3 Å². The zero-order valence-corrected chi connectivity index (χ0v) is 10.9. The fraction of sp³-hybridized carbons (Fsp3) is 0.100. The Balaban J connectivity index is 2.07. The number of hydrogen-bond acceptors (Lipinski definition) is 3. The summed E-state index contributed by atoms with van der Waals surface area (Å²) in [5.41, 5.74) is 0.918. The first-order chi connectivity index (χ1) is 7.25. The van der Waals surface area contributed by atoms with Crippen LogP contribution in [0, 0.1) is 0 Å². The Bertz CT molecular complexity index is 445. The van der Waals surface area contributed by atoms with Crippen LogP contribution in [0.15, 0.2) is 34.2 Å². The van der Waals surface area contributed by atoms with Crippen molar-refractivity contribution in [3.05, 3.63) is 44.3 Å².